The van der Waals surface area contributed by atoms with E-state index in [1.54, 1.807) is 0 Å². The van der Waals surface area contributed by atoms with Gasteiger partial charge >= 0.3 is 7.12 Å². The van der Waals surface area contributed by atoms with Gasteiger partial charge in [0, 0.05) is 5.56 Å². The second kappa shape index (κ2) is 4.30. The Morgan fingerprint density at radius 3 is 2.60 bits per heavy atom. The van der Waals surface area contributed by atoms with E-state index in [2.05, 4.69) is 0 Å². The summed E-state index contributed by atoms with van der Waals surface area (Å²) in [5.74, 6) is -0.532. The van der Waals surface area contributed by atoms with Gasteiger partial charge in [0.1, 0.15) is 5.82 Å². The Hall–Kier alpha value is -0.905. The first-order chi connectivity index (χ1) is 7.16. The van der Waals surface area contributed by atoms with Crippen LogP contribution in [0.3, 0.4) is 0 Å². The monoisotopic (exact) mass is 228 g/mol. The van der Waals surface area contributed by atoms with E-state index in [0.717, 1.165) is 6.07 Å². The number of halogens is 2. The first kappa shape index (κ1) is 10.6. The van der Waals surface area contributed by atoms with Gasteiger partial charge in [-0.05, 0) is 29.2 Å². The summed E-state index contributed by atoms with van der Waals surface area (Å²) >= 11 is 5.27. The quantitative estimate of drug-likeness (QED) is 0.558. The second-order valence-corrected chi connectivity index (χ2v) is 3.46. The normalized spacial score (nSPS) is 15.7. The summed E-state index contributed by atoms with van der Waals surface area (Å²) < 4.78 is 23.5. The molecule has 0 aromatic heterocycles. The molecular weight excluding hydrogens is 221 g/mol. The molecule has 1 saturated heterocycles. The van der Waals surface area contributed by atoms with Crippen LogP contribution in [0.15, 0.2) is 18.2 Å². The lowest BCUT2D eigenvalue weighted by atomic mass is 9.79. The van der Waals surface area contributed by atoms with Gasteiger partial charge in [0.25, 0.3) is 5.24 Å². The standard InChI is InChI=1S/C9H7BClFO3/c11-9(13)6-3-7(5-8(12)4-6)10-14-1-2-15-10/h3-5H,1-2H2. The van der Waals surface area contributed by atoms with E-state index >= 15 is 0 Å². The van der Waals surface area contributed by atoms with Gasteiger partial charge in [0.05, 0.1) is 13.2 Å². The van der Waals surface area contributed by atoms with E-state index in [4.69, 9.17) is 20.9 Å². The van der Waals surface area contributed by atoms with Crippen molar-refractivity contribution in [3.05, 3.63) is 29.6 Å². The van der Waals surface area contributed by atoms with Crippen molar-refractivity contribution in [2.24, 2.45) is 0 Å². The molecule has 1 aromatic rings. The Kier molecular flexibility index (Phi) is 3.04. The van der Waals surface area contributed by atoms with Gasteiger partial charge in [0.15, 0.2) is 0 Å². The van der Waals surface area contributed by atoms with Crippen molar-refractivity contribution >= 4 is 29.4 Å². The van der Waals surface area contributed by atoms with Crippen molar-refractivity contribution in [3.63, 3.8) is 0 Å². The fourth-order valence-electron chi connectivity index (χ4n) is 1.41. The minimum absolute atomic E-state index is 0.103. The molecule has 0 atom stereocenters. The molecule has 6 heteroatoms. The van der Waals surface area contributed by atoms with E-state index in [0.29, 0.717) is 18.7 Å². The van der Waals surface area contributed by atoms with Gasteiger partial charge in [-0.2, -0.15) is 0 Å². The molecule has 1 aliphatic heterocycles. The van der Waals surface area contributed by atoms with Crippen LogP contribution < -0.4 is 5.46 Å². The number of hydrogen-bond donors (Lipinski definition) is 0. The lowest BCUT2D eigenvalue weighted by Crippen LogP contribution is -2.32. The van der Waals surface area contributed by atoms with Crippen LogP contribution in [-0.4, -0.2) is 25.6 Å². The Balaban J connectivity index is 2.34. The fraction of sp³-hybridized carbons (Fsp3) is 0.222. The van der Waals surface area contributed by atoms with Gasteiger partial charge in [-0.15, -0.1) is 0 Å². The number of benzene rings is 1. The van der Waals surface area contributed by atoms with Crippen LogP contribution in [0.4, 0.5) is 4.39 Å². The third kappa shape index (κ3) is 2.37. The maximum Gasteiger partial charge on any atom is 0.494 e. The van der Waals surface area contributed by atoms with Crippen molar-refractivity contribution in [3.8, 4) is 0 Å². The van der Waals surface area contributed by atoms with Gasteiger partial charge in [0.2, 0.25) is 0 Å². The molecule has 78 valence electrons. The Bertz CT molecular complexity index is 393. The van der Waals surface area contributed by atoms with Crippen molar-refractivity contribution in [1.29, 1.82) is 0 Å². The summed E-state index contributed by atoms with van der Waals surface area (Å²) in [6.45, 7) is 0.927. The van der Waals surface area contributed by atoms with Crippen molar-refractivity contribution < 1.29 is 18.5 Å². The van der Waals surface area contributed by atoms with Crippen LogP contribution in [0, 0.1) is 5.82 Å². The van der Waals surface area contributed by atoms with Crippen LogP contribution in [-0.2, 0) is 9.31 Å². The zero-order chi connectivity index (χ0) is 10.8. The van der Waals surface area contributed by atoms with Gasteiger partial charge in [-0.3, -0.25) is 4.79 Å². The zero-order valence-corrected chi connectivity index (χ0v) is 8.46. The van der Waals surface area contributed by atoms with Crippen molar-refractivity contribution in [1.82, 2.24) is 0 Å². The van der Waals surface area contributed by atoms with E-state index < -0.39 is 18.2 Å². The van der Waals surface area contributed by atoms with Crippen LogP contribution >= 0.6 is 11.6 Å². The van der Waals surface area contributed by atoms with E-state index in [1.165, 1.54) is 12.1 Å². The summed E-state index contributed by atoms with van der Waals surface area (Å²) in [5, 5.41) is -0.700. The average Bonchev–Trinajstić information content (AvgIpc) is 2.69. The molecule has 0 radical (unpaired) electrons. The third-order valence-corrected chi connectivity index (χ3v) is 2.26. The van der Waals surface area contributed by atoms with E-state index in [-0.39, 0.29) is 5.56 Å². The van der Waals surface area contributed by atoms with E-state index in [9.17, 15) is 9.18 Å². The highest BCUT2D eigenvalue weighted by Crippen LogP contribution is 2.08. The van der Waals surface area contributed by atoms with Gasteiger partial charge < -0.3 is 9.31 Å². The molecule has 3 nitrogen and oxygen atoms in total. The maximum atomic E-state index is 13.1. The van der Waals surface area contributed by atoms with Crippen molar-refractivity contribution in [2.45, 2.75) is 0 Å². The third-order valence-electron chi connectivity index (χ3n) is 2.04. The molecule has 0 bridgehead atoms. The molecule has 0 aliphatic carbocycles. The molecule has 0 saturated carbocycles. The maximum absolute atomic E-state index is 13.1. The summed E-state index contributed by atoms with van der Waals surface area (Å²) in [7, 11) is -0.601. The number of carbonyl (C=O) groups is 1. The van der Waals surface area contributed by atoms with E-state index in [1.807, 2.05) is 0 Å². The molecule has 0 amide bonds. The number of hydrogen-bond acceptors (Lipinski definition) is 3. The highest BCUT2D eigenvalue weighted by atomic mass is 35.5. The molecule has 15 heavy (non-hydrogen) atoms. The highest BCUT2D eigenvalue weighted by Gasteiger charge is 2.27. The average molecular weight is 228 g/mol. The fourth-order valence-corrected chi connectivity index (χ4v) is 1.52. The lowest BCUT2D eigenvalue weighted by molar-refractivity contribution is 0.108. The minimum Gasteiger partial charge on any atom is -0.405 e. The number of carbonyl (C=O) groups excluding carboxylic acids is 1. The summed E-state index contributed by atoms with van der Waals surface area (Å²) in [4.78, 5) is 10.9. The van der Waals surface area contributed by atoms with Crippen molar-refractivity contribution in [2.75, 3.05) is 13.2 Å². The smallest absolute Gasteiger partial charge is 0.405 e. The highest BCUT2D eigenvalue weighted by molar-refractivity contribution is 6.68. The molecule has 0 unspecified atom stereocenters. The predicted molar refractivity (Wildman–Crippen MR) is 53.9 cm³/mol. The van der Waals surface area contributed by atoms with Gasteiger partial charge in [-0.1, -0.05) is 6.07 Å². The van der Waals surface area contributed by atoms with Gasteiger partial charge in [-0.25, -0.2) is 4.39 Å². The van der Waals surface area contributed by atoms with Crippen LogP contribution in [0.1, 0.15) is 10.4 Å². The molecule has 1 fully saturated rings. The SMILES string of the molecule is O=C(Cl)c1cc(F)cc(B2OCCO2)c1. The Morgan fingerprint density at radius 1 is 1.33 bits per heavy atom. The molecular formula is C9H7BClFO3. The zero-order valence-electron chi connectivity index (χ0n) is 7.70. The molecule has 0 N–H and O–H groups in total. The van der Waals surface area contributed by atoms with Crippen LogP contribution in [0.5, 0.6) is 0 Å². The first-order valence-electron chi connectivity index (χ1n) is 4.40. The Labute approximate surface area is 91.3 Å². The largest absolute Gasteiger partial charge is 0.494 e. The lowest BCUT2D eigenvalue weighted by Gasteiger charge is -2.05. The topological polar surface area (TPSA) is 35.5 Å². The van der Waals surface area contributed by atoms with Crippen LogP contribution in [0.25, 0.3) is 0 Å². The molecule has 1 heterocycles. The summed E-state index contributed by atoms with van der Waals surface area (Å²) in [5.41, 5.74) is 0.572. The Morgan fingerprint density at radius 2 is 2.00 bits per heavy atom. The molecule has 2 rings (SSSR count). The summed E-state index contributed by atoms with van der Waals surface area (Å²) in [6.07, 6.45) is 0. The number of rotatable bonds is 2. The predicted octanol–water partition coefficient (Wildman–Crippen LogP) is 0.947. The molecule has 1 aliphatic rings. The van der Waals surface area contributed by atoms with Crippen LogP contribution in [0.2, 0.25) is 0 Å². The minimum atomic E-state index is -0.700. The molecule has 1 aromatic carbocycles. The molecule has 0 spiro atoms. The summed E-state index contributed by atoms with van der Waals surface area (Å²) in [6, 6.07) is 3.81. The second-order valence-electron chi connectivity index (χ2n) is 3.12. The first-order valence-corrected chi connectivity index (χ1v) is 4.78.